The van der Waals surface area contributed by atoms with Gasteiger partial charge in [-0.3, -0.25) is 9.78 Å². The Balaban J connectivity index is 1.73. The number of aryl methyl sites for hydroxylation is 1. The van der Waals surface area contributed by atoms with Crippen LogP contribution in [-0.4, -0.2) is 20.7 Å². The van der Waals surface area contributed by atoms with Gasteiger partial charge in [0, 0.05) is 35.4 Å². The van der Waals surface area contributed by atoms with Crippen LogP contribution in [0.1, 0.15) is 11.1 Å². The molecule has 6 nitrogen and oxygen atoms in total. The van der Waals surface area contributed by atoms with Crippen LogP contribution in [0, 0.1) is 18.3 Å². The summed E-state index contributed by atoms with van der Waals surface area (Å²) in [5, 5.41) is 17.1. The Bertz CT molecular complexity index is 1270. The number of carbonyl (C=O) groups excluding carboxylic acids is 1. The number of nitrogens with one attached hydrogen (secondary N) is 1. The summed E-state index contributed by atoms with van der Waals surface area (Å²) in [6, 6.07) is 22.8. The van der Waals surface area contributed by atoms with E-state index >= 15 is 0 Å². The van der Waals surface area contributed by atoms with Gasteiger partial charge in [0.1, 0.15) is 17.3 Å². The highest BCUT2D eigenvalue weighted by Gasteiger charge is 2.15. The fourth-order valence-corrected chi connectivity index (χ4v) is 3.08. The first-order valence-corrected chi connectivity index (χ1v) is 9.69. The van der Waals surface area contributed by atoms with E-state index in [1.54, 1.807) is 35.3 Å². The van der Waals surface area contributed by atoms with Crippen molar-refractivity contribution < 1.29 is 4.79 Å². The second-order valence-electron chi connectivity index (χ2n) is 6.94. The lowest BCUT2D eigenvalue weighted by Gasteiger charge is -2.04. The smallest absolute Gasteiger partial charge is 0.266 e. The van der Waals surface area contributed by atoms with E-state index in [4.69, 9.17) is 5.10 Å². The number of amides is 1. The third-order valence-corrected chi connectivity index (χ3v) is 4.69. The van der Waals surface area contributed by atoms with Crippen molar-refractivity contribution in [2.24, 2.45) is 0 Å². The van der Waals surface area contributed by atoms with E-state index in [1.807, 2.05) is 73.8 Å². The number of hydrogen-bond donors (Lipinski definition) is 1. The molecular formula is C25H19N5O. The number of rotatable bonds is 5. The van der Waals surface area contributed by atoms with Crippen LogP contribution in [0.3, 0.4) is 0 Å². The molecule has 4 aromatic rings. The molecule has 0 aliphatic heterocycles. The molecule has 0 bridgehead atoms. The molecule has 2 heterocycles. The lowest BCUT2D eigenvalue weighted by Crippen LogP contribution is -2.13. The van der Waals surface area contributed by atoms with Crippen molar-refractivity contribution in [3.05, 3.63) is 102 Å². The van der Waals surface area contributed by atoms with Crippen LogP contribution in [0.25, 0.3) is 23.0 Å². The van der Waals surface area contributed by atoms with E-state index in [1.165, 1.54) is 0 Å². The normalized spacial score (nSPS) is 11.0. The Kier molecular flexibility index (Phi) is 5.68. The Morgan fingerprint density at radius 2 is 1.74 bits per heavy atom. The molecule has 1 amide bonds. The summed E-state index contributed by atoms with van der Waals surface area (Å²) in [4.78, 5) is 16.8. The molecule has 31 heavy (non-hydrogen) atoms. The molecule has 6 heteroatoms. The second kappa shape index (κ2) is 8.89. The quantitative estimate of drug-likeness (QED) is 0.382. The topological polar surface area (TPSA) is 83.6 Å². The van der Waals surface area contributed by atoms with E-state index < -0.39 is 5.91 Å². The average Bonchev–Trinajstić information content (AvgIpc) is 3.24. The van der Waals surface area contributed by atoms with Crippen molar-refractivity contribution in [3.8, 4) is 23.0 Å². The van der Waals surface area contributed by atoms with E-state index in [-0.39, 0.29) is 5.57 Å². The first kappa shape index (κ1) is 19.8. The van der Waals surface area contributed by atoms with Gasteiger partial charge in [-0.25, -0.2) is 4.68 Å². The first-order valence-electron chi connectivity index (χ1n) is 9.69. The van der Waals surface area contributed by atoms with E-state index in [9.17, 15) is 10.1 Å². The summed E-state index contributed by atoms with van der Waals surface area (Å²) >= 11 is 0. The van der Waals surface area contributed by atoms with Crippen LogP contribution < -0.4 is 5.32 Å². The van der Waals surface area contributed by atoms with Crippen LogP contribution in [0.4, 0.5) is 5.69 Å². The fraction of sp³-hybridized carbons (Fsp3) is 0.0400. The minimum Gasteiger partial charge on any atom is -0.321 e. The van der Waals surface area contributed by atoms with Crippen LogP contribution in [0.5, 0.6) is 0 Å². The highest BCUT2D eigenvalue weighted by atomic mass is 16.1. The number of nitrogens with zero attached hydrogens (tertiary/aromatic N) is 4. The third kappa shape index (κ3) is 4.57. The summed E-state index contributed by atoms with van der Waals surface area (Å²) in [5.74, 6) is -0.473. The van der Waals surface area contributed by atoms with Crippen LogP contribution in [-0.2, 0) is 4.79 Å². The number of para-hydroxylation sites is 1. The van der Waals surface area contributed by atoms with Gasteiger partial charge in [-0.15, -0.1) is 0 Å². The number of carbonyl (C=O) groups is 1. The molecule has 0 radical (unpaired) electrons. The zero-order chi connectivity index (χ0) is 21.6. The third-order valence-electron chi connectivity index (χ3n) is 4.69. The summed E-state index contributed by atoms with van der Waals surface area (Å²) < 4.78 is 1.73. The number of nitriles is 1. The van der Waals surface area contributed by atoms with E-state index in [0.717, 1.165) is 16.8 Å². The molecule has 0 spiro atoms. The predicted octanol–water partition coefficient (Wildman–Crippen LogP) is 4.79. The van der Waals surface area contributed by atoms with E-state index in [2.05, 4.69) is 10.3 Å². The molecule has 0 fully saturated rings. The van der Waals surface area contributed by atoms with E-state index in [0.29, 0.717) is 16.9 Å². The molecule has 0 unspecified atom stereocenters. The maximum Gasteiger partial charge on any atom is 0.266 e. The van der Waals surface area contributed by atoms with Crippen molar-refractivity contribution in [1.29, 1.82) is 5.26 Å². The van der Waals surface area contributed by atoms with Gasteiger partial charge in [-0.2, -0.15) is 10.4 Å². The molecule has 1 N–H and O–H groups in total. The van der Waals surface area contributed by atoms with Gasteiger partial charge >= 0.3 is 0 Å². The van der Waals surface area contributed by atoms with Crippen LogP contribution in [0.2, 0.25) is 0 Å². The molecule has 4 rings (SSSR count). The molecule has 2 aromatic carbocycles. The molecule has 150 valence electrons. The van der Waals surface area contributed by atoms with Gasteiger partial charge in [0.25, 0.3) is 5.91 Å². The molecular weight excluding hydrogens is 386 g/mol. The Morgan fingerprint density at radius 1 is 1.03 bits per heavy atom. The van der Waals surface area contributed by atoms with Crippen molar-refractivity contribution in [3.63, 3.8) is 0 Å². The summed E-state index contributed by atoms with van der Waals surface area (Å²) in [7, 11) is 0. The lowest BCUT2D eigenvalue weighted by molar-refractivity contribution is -0.112. The summed E-state index contributed by atoms with van der Waals surface area (Å²) in [6.07, 6.45) is 6.73. The fourth-order valence-electron chi connectivity index (χ4n) is 3.08. The van der Waals surface area contributed by atoms with Crippen LogP contribution in [0.15, 0.2) is 90.9 Å². The van der Waals surface area contributed by atoms with Gasteiger partial charge in [-0.05, 0) is 49.4 Å². The standard InChI is InChI=1S/C25H19N5O/c1-18-7-9-22(10-8-18)28-25(31)20(16-26)15-21-17-30(23-5-3-2-4-6-23)29-24(21)19-11-13-27-14-12-19/h2-15,17H,1H3,(H,28,31)/b20-15-. The zero-order valence-corrected chi connectivity index (χ0v) is 16.9. The molecule has 0 aliphatic rings. The molecule has 0 aliphatic carbocycles. The Morgan fingerprint density at radius 3 is 2.42 bits per heavy atom. The monoisotopic (exact) mass is 405 g/mol. The Labute approximate surface area is 180 Å². The first-order chi connectivity index (χ1) is 15.1. The average molecular weight is 405 g/mol. The lowest BCUT2D eigenvalue weighted by atomic mass is 10.1. The highest BCUT2D eigenvalue weighted by molar-refractivity contribution is 6.10. The summed E-state index contributed by atoms with van der Waals surface area (Å²) in [5.41, 5.74) is 4.74. The molecule has 0 saturated heterocycles. The Hall–Kier alpha value is -4.50. The van der Waals surface area contributed by atoms with Gasteiger partial charge in [0.05, 0.1) is 5.69 Å². The molecule has 0 atom stereocenters. The van der Waals surface area contributed by atoms with Gasteiger partial charge < -0.3 is 5.32 Å². The van der Waals surface area contributed by atoms with Crippen molar-refractivity contribution >= 4 is 17.7 Å². The minimum atomic E-state index is -0.473. The highest BCUT2D eigenvalue weighted by Crippen LogP contribution is 2.25. The summed E-state index contributed by atoms with van der Waals surface area (Å²) in [6.45, 7) is 1.97. The minimum absolute atomic E-state index is 0.0107. The number of hydrogen-bond acceptors (Lipinski definition) is 4. The maximum atomic E-state index is 12.7. The number of anilines is 1. The SMILES string of the molecule is Cc1ccc(NC(=O)/C(C#N)=C\c2cn(-c3ccccc3)nc2-c2ccncc2)cc1. The molecule has 2 aromatic heterocycles. The molecule has 0 saturated carbocycles. The number of aromatic nitrogens is 3. The van der Waals surface area contributed by atoms with Gasteiger partial charge in [0.15, 0.2) is 0 Å². The van der Waals surface area contributed by atoms with Crippen LogP contribution >= 0.6 is 0 Å². The van der Waals surface area contributed by atoms with Crippen molar-refractivity contribution in [2.45, 2.75) is 6.92 Å². The zero-order valence-electron chi connectivity index (χ0n) is 16.9. The maximum absolute atomic E-state index is 12.7. The largest absolute Gasteiger partial charge is 0.321 e. The van der Waals surface area contributed by atoms with Crippen molar-refractivity contribution in [1.82, 2.24) is 14.8 Å². The predicted molar refractivity (Wildman–Crippen MR) is 120 cm³/mol. The van der Waals surface area contributed by atoms with Gasteiger partial charge in [0.2, 0.25) is 0 Å². The second-order valence-corrected chi connectivity index (χ2v) is 6.94. The van der Waals surface area contributed by atoms with Crippen molar-refractivity contribution in [2.75, 3.05) is 5.32 Å². The number of pyridine rings is 1. The number of benzene rings is 2. The van der Waals surface area contributed by atoms with Gasteiger partial charge in [-0.1, -0.05) is 35.9 Å².